The van der Waals surface area contributed by atoms with Gasteiger partial charge in [0.15, 0.2) is 11.3 Å². The third kappa shape index (κ3) is 7.90. The lowest BCUT2D eigenvalue weighted by Crippen LogP contribution is -2.42. The van der Waals surface area contributed by atoms with E-state index in [1.165, 1.54) is 12.1 Å². The molecule has 15 nitrogen and oxygen atoms in total. The van der Waals surface area contributed by atoms with E-state index in [2.05, 4.69) is 20.6 Å². The fraction of sp³-hybridized carbons (Fsp3) is 0.233. The van der Waals surface area contributed by atoms with Crippen molar-refractivity contribution < 1.29 is 33.7 Å². The number of ether oxygens (including phenoxy) is 2. The summed E-state index contributed by atoms with van der Waals surface area (Å²) in [5.74, 6) is -1.62. The number of carbonyl (C=O) groups excluding carboxylic acids is 3. The second kappa shape index (κ2) is 14.5. The monoisotopic (exact) mass is 616 g/mol. The minimum atomic E-state index is -1.07. The number of hydrogen-bond acceptors (Lipinski definition) is 12. The summed E-state index contributed by atoms with van der Waals surface area (Å²) in [5, 5.41) is 28.9. The van der Waals surface area contributed by atoms with Gasteiger partial charge in [-0.2, -0.15) is 0 Å². The van der Waals surface area contributed by atoms with Gasteiger partial charge in [0, 0.05) is 29.3 Å². The topological polar surface area (TPSA) is 206 Å². The highest BCUT2D eigenvalue weighted by atomic mass is 16.6. The van der Waals surface area contributed by atoms with Gasteiger partial charge in [-0.1, -0.05) is 30.3 Å². The van der Waals surface area contributed by atoms with Gasteiger partial charge in [-0.3, -0.25) is 29.8 Å². The Bertz CT molecular complexity index is 1750. The molecule has 0 radical (unpaired) electrons. The van der Waals surface area contributed by atoms with Gasteiger partial charge in [0.1, 0.15) is 17.3 Å². The number of anilines is 2. The van der Waals surface area contributed by atoms with Gasteiger partial charge in [-0.25, -0.2) is 14.8 Å². The van der Waals surface area contributed by atoms with Crippen LogP contribution in [0.3, 0.4) is 0 Å². The first-order valence-electron chi connectivity index (χ1n) is 13.8. The highest BCUT2D eigenvalue weighted by molar-refractivity contribution is 5.97. The van der Waals surface area contributed by atoms with E-state index in [1.807, 2.05) is 0 Å². The molecule has 0 aliphatic rings. The molecule has 2 N–H and O–H groups in total. The molecule has 15 heteroatoms. The van der Waals surface area contributed by atoms with Crippen LogP contribution in [0.2, 0.25) is 0 Å². The largest absolute Gasteiger partial charge is 0.466 e. The number of hydrogen-bond donors (Lipinski definition) is 2. The molecule has 1 atom stereocenters. The van der Waals surface area contributed by atoms with Crippen LogP contribution in [0, 0.1) is 20.2 Å². The fourth-order valence-electron chi connectivity index (χ4n) is 4.33. The Kier molecular flexibility index (Phi) is 10.3. The molecular formula is C30H28N6O9. The van der Waals surface area contributed by atoms with Gasteiger partial charge in [0.05, 0.1) is 29.1 Å². The number of aromatic nitrogens is 2. The number of nitrogens with zero attached hydrogens (tertiary/aromatic N) is 4. The Hall–Kier alpha value is -5.99. The van der Waals surface area contributed by atoms with E-state index in [0.29, 0.717) is 11.3 Å². The molecule has 1 amide bonds. The van der Waals surface area contributed by atoms with E-state index in [0.717, 1.165) is 12.1 Å². The summed E-state index contributed by atoms with van der Waals surface area (Å²) in [6.07, 6.45) is -0.106. The van der Waals surface area contributed by atoms with E-state index in [4.69, 9.17) is 9.47 Å². The van der Waals surface area contributed by atoms with Crippen molar-refractivity contribution in [3.63, 3.8) is 0 Å². The van der Waals surface area contributed by atoms with Gasteiger partial charge in [0.25, 0.3) is 11.6 Å². The molecule has 232 valence electrons. The maximum Gasteiger partial charge on any atom is 0.328 e. The van der Waals surface area contributed by atoms with Gasteiger partial charge < -0.3 is 20.1 Å². The lowest BCUT2D eigenvalue weighted by molar-refractivity contribution is -0.393. The molecule has 0 saturated heterocycles. The maximum atomic E-state index is 13.0. The highest BCUT2D eigenvalue weighted by Crippen LogP contribution is 2.34. The zero-order valence-electron chi connectivity index (χ0n) is 24.2. The van der Waals surface area contributed by atoms with E-state index in [9.17, 15) is 34.6 Å². The fourth-order valence-corrected chi connectivity index (χ4v) is 4.33. The second-order valence-electron chi connectivity index (χ2n) is 9.46. The number of nitro benzene ring substituents is 2. The summed E-state index contributed by atoms with van der Waals surface area (Å²) >= 11 is 0. The molecule has 0 fully saturated rings. The average Bonchev–Trinajstić information content (AvgIpc) is 3.02. The Morgan fingerprint density at radius 2 is 1.58 bits per heavy atom. The molecule has 45 heavy (non-hydrogen) atoms. The highest BCUT2D eigenvalue weighted by Gasteiger charge is 2.25. The Morgan fingerprint density at radius 1 is 0.889 bits per heavy atom. The van der Waals surface area contributed by atoms with Crippen molar-refractivity contribution in [2.45, 2.75) is 32.7 Å². The van der Waals surface area contributed by atoms with E-state index in [1.54, 1.807) is 56.3 Å². The van der Waals surface area contributed by atoms with Crippen LogP contribution in [-0.2, 0) is 19.1 Å². The second-order valence-corrected chi connectivity index (χ2v) is 9.46. The summed E-state index contributed by atoms with van der Waals surface area (Å²) in [4.78, 5) is 67.8. The number of rotatable bonds is 13. The van der Waals surface area contributed by atoms with Crippen molar-refractivity contribution in [3.05, 3.63) is 92.5 Å². The lowest BCUT2D eigenvalue weighted by atomic mass is 10.1. The third-order valence-corrected chi connectivity index (χ3v) is 6.42. The number of fused-ring (bicyclic) bond motifs is 1. The van der Waals surface area contributed by atoms with Crippen molar-refractivity contribution in [2.75, 3.05) is 18.5 Å². The first-order chi connectivity index (χ1) is 21.6. The molecule has 0 aliphatic carbocycles. The summed E-state index contributed by atoms with van der Waals surface area (Å²) < 4.78 is 9.93. The Balaban J connectivity index is 1.63. The van der Waals surface area contributed by atoms with E-state index < -0.39 is 45.1 Å². The molecule has 4 rings (SSSR count). The maximum absolute atomic E-state index is 13.0. The van der Waals surface area contributed by atoms with Gasteiger partial charge >= 0.3 is 17.6 Å². The van der Waals surface area contributed by atoms with Crippen LogP contribution < -0.4 is 10.6 Å². The molecule has 0 bridgehead atoms. The smallest absolute Gasteiger partial charge is 0.328 e. The zero-order chi connectivity index (χ0) is 32.5. The van der Waals surface area contributed by atoms with Gasteiger partial charge in [-0.05, 0) is 44.5 Å². The molecule has 1 aromatic heterocycles. The Morgan fingerprint density at radius 3 is 2.20 bits per heavy atom. The molecule has 0 unspecified atom stereocenters. The molecule has 0 aliphatic heterocycles. The SMILES string of the molecule is CCOC(=O)CC[C@H](NC(=O)c1ccc(Nc2nc3cc([N+](=O)[O-])cc([N+](=O)[O-])c3nc2-c2ccccc2)cc1)C(=O)OCC. The standard InChI is InChI=1S/C30H28N6O9/c1-3-44-25(37)15-14-22(30(39)45-4-2)33-29(38)19-10-12-20(13-11-19)31-28-26(18-8-6-5-7-9-18)34-27-23(32-28)16-21(35(40)41)17-24(27)36(42)43/h5-13,16-17,22H,3-4,14-15H2,1-2H3,(H,31,32)(H,33,38)/t22-/m0/s1. The van der Waals surface area contributed by atoms with Crippen molar-refractivity contribution in [1.29, 1.82) is 0 Å². The molecule has 3 aromatic carbocycles. The number of nitrogens with one attached hydrogen (secondary N) is 2. The first-order valence-corrected chi connectivity index (χ1v) is 13.8. The van der Waals surface area contributed by atoms with Crippen LogP contribution in [0.15, 0.2) is 66.7 Å². The molecule has 4 aromatic rings. The van der Waals surface area contributed by atoms with Crippen molar-refractivity contribution in [3.8, 4) is 11.3 Å². The molecule has 0 spiro atoms. The normalized spacial score (nSPS) is 11.3. The molecule has 1 heterocycles. The predicted octanol–water partition coefficient (Wildman–Crippen LogP) is 4.86. The number of nitro groups is 2. The van der Waals surface area contributed by atoms with Crippen LogP contribution in [0.25, 0.3) is 22.3 Å². The minimum absolute atomic E-state index is 0.0116. The predicted molar refractivity (Wildman–Crippen MR) is 162 cm³/mol. The van der Waals surface area contributed by atoms with Crippen LogP contribution in [0.5, 0.6) is 0 Å². The number of non-ortho nitro benzene ring substituents is 2. The summed E-state index contributed by atoms with van der Waals surface area (Å²) in [6, 6.07) is 15.7. The minimum Gasteiger partial charge on any atom is -0.466 e. The first kappa shape index (κ1) is 31.9. The van der Waals surface area contributed by atoms with Crippen LogP contribution >= 0.6 is 0 Å². The summed E-state index contributed by atoms with van der Waals surface area (Å²) in [6.45, 7) is 3.56. The van der Waals surface area contributed by atoms with E-state index in [-0.39, 0.29) is 54.2 Å². The number of carbonyl (C=O) groups is 3. The molecule has 0 saturated carbocycles. The van der Waals surface area contributed by atoms with Crippen molar-refractivity contribution in [1.82, 2.24) is 15.3 Å². The average molecular weight is 617 g/mol. The zero-order valence-corrected chi connectivity index (χ0v) is 24.2. The number of esters is 2. The quantitative estimate of drug-likeness (QED) is 0.117. The van der Waals surface area contributed by atoms with E-state index >= 15 is 0 Å². The van der Waals surface area contributed by atoms with Crippen molar-refractivity contribution in [2.24, 2.45) is 0 Å². The summed E-state index contributed by atoms with van der Waals surface area (Å²) in [5.41, 5.74) is 0.205. The van der Waals surface area contributed by atoms with Crippen LogP contribution in [-0.4, -0.2) is 56.9 Å². The lowest BCUT2D eigenvalue weighted by Gasteiger charge is -2.17. The Labute approximate surface area is 255 Å². The number of amides is 1. The van der Waals surface area contributed by atoms with Gasteiger partial charge in [-0.15, -0.1) is 0 Å². The third-order valence-electron chi connectivity index (χ3n) is 6.42. The summed E-state index contributed by atoms with van der Waals surface area (Å²) in [7, 11) is 0. The van der Waals surface area contributed by atoms with Gasteiger partial charge in [0.2, 0.25) is 0 Å². The van der Waals surface area contributed by atoms with Crippen LogP contribution in [0.4, 0.5) is 22.9 Å². The molecular weight excluding hydrogens is 588 g/mol. The van der Waals surface area contributed by atoms with Crippen molar-refractivity contribution >= 4 is 51.8 Å². The van der Waals surface area contributed by atoms with Crippen LogP contribution in [0.1, 0.15) is 37.0 Å². The number of benzene rings is 3.